The lowest BCUT2D eigenvalue weighted by Crippen LogP contribution is -2.55. The number of carbonyl (C=O) groups is 2. The minimum absolute atomic E-state index is 0.170. The Morgan fingerprint density at radius 3 is 2.10 bits per heavy atom. The smallest absolute Gasteiger partial charge is 0.305 e. The molecule has 0 spiro atoms. The number of esters is 1. The lowest BCUT2D eigenvalue weighted by molar-refractivity contribution is -0.180. The van der Waals surface area contributed by atoms with E-state index in [1.165, 1.54) is 12.1 Å². The zero-order chi connectivity index (χ0) is 28.6. The number of hydrogen-bond acceptors (Lipinski definition) is 4. The van der Waals surface area contributed by atoms with Gasteiger partial charge in [-0.1, -0.05) is 72.9 Å². The third-order valence-corrected chi connectivity index (χ3v) is 7.68. The second-order valence-electron chi connectivity index (χ2n) is 9.96. The summed E-state index contributed by atoms with van der Waals surface area (Å²) < 4.78 is 25.4. The normalized spacial score (nSPS) is 19.9. The molecule has 0 N–H and O–H groups in total. The molecule has 3 aromatic carbocycles. The number of benzene rings is 3. The van der Waals surface area contributed by atoms with E-state index in [1.807, 2.05) is 29.2 Å². The molecule has 8 heteroatoms. The van der Waals surface area contributed by atoms with Gasteiger partial charge >= 0.3 is 5.97 Å². The van der Waals surface area contributed by atoms with Gasteiger partial charge in [-0.25, -0.2) is 4.39 Å². The molecule has 5 nitrogen and oxygen atoms in total. The van der Waals surface area contributed by atoms with E-state index in [-0.39, 0.29) is 36.6 Å². The number of rotatable bonds is 11. The van der Waals surface area contributed by atoms with Crippen molar-refractivity contribution in [1.29, 1.82) is 0 Å². The SMILES string of the molecule is CCC[C@@H](CCC(=O)OCC)N1C(=O)[C@@H](Cc2ccc(F)cc2)O[C@H](c2ccc(Cl)cc2)[C@@H]1c1ccc(Cl)cc1. The Bertz CT molecular complexity index is 1270. The monoisotopic (exact) mass is 585 g/mol. The molecule has 40 heavy (non-hydrogen) atoms. The van der Waals surface area contributed by atoms with Gasteiger partial charge in [0.05, 0.1) is 12.6 Å². The van der Waals surface area contributed by atoms with Crippen LogP contribution in [0.25, 0.3) is 0 Å². The average Bonchev–Trinajstić information content (AvgIpc) is 2.94. The molecule has 0 aromatic heterocycles. The number of carbonyl (C=O) groups excluding carboxylic acids is 2. The molecule has 212 valence electrons. The largest absolute Gasteiger partial charge is 0.466 e. The number of morpholine rings is 1. The zero-order valence-corrected chi connectivity index (χ0v) is 24.2. The standard InChI is InChI=1S/C32H34Cl2FNO4/c1-3-5-27(18-19-29(37)39-4-2)36-30(22-8-12-24(33)13-9-22)31(23-10-14-25(34)15-11-23)40-28(32(36)38)20-21-6-16-26(35)17-7-21/h6-17,27-28,30-31H,3-5,18-20H2,1-2H3/t27-,28+,30-,31+/m0/s1. The minimum atomic E-state index is -0.809. The third-order valence-electron chi connectivity index (χ3n) is 7.17. The first-order valence-electron chi connectivity index (χ1n) is 13.7. The van der Waals surface area contributed by atoms with Gasteiger partial charge in [0.1, 0.15) is 18.0 Å². The lowest BCUT2D eigenvalue weighted by atomic mass is 9.88. The van der Waals surface area contributed by atoms with Gasteiger partial charge < -0.3 is 14.4 Å². The molecule has 0 radical (unpaired) electrons. The van der Waals surface area contributed by atoms with Crippen LogP contribution in [0.3, 0.4) is 0 Å². The number of halogens is 3. The topological polar surface area (TPSA) is 55.8 Å². The van der Waals surface area contributed by atoms with Crippen LogP contribution in [0.15, 0.2) is 72.8 Å². The number of ether oxygens (including phenoxy) is 2. The Morgan fingerprint density at radius 2 is 1.52 bits per heavy atom. The molecule has 0 bridgehead atoms. The van der Waals surface area contributed by atoms with E-state index in [0.717, 1.165) is 23.1 Å². The maximum atomic E-state index is 14.3. The Morgan fingerprint density at radius 1 is 0.925 bits per heavy atom. The van der Waals surface area contributed by atoms with Crippen LogP contribution in [-0.4, -0.2) is 35.5 Å². The highest BCUT2D eigenvalue weighted by atomic mass is 35.5. The molecule has 4 atom stereocenters. The third kappa shape index (κ3) is 7.42. The first-order valence-corrected chi connectivity index (χ1v) is 14.4. The van der Waals surface area contributed by atoms with Gasteiger partial charge in [-0.15, -0.1) is 0 Å². The number of hydrogen-bond donors (Lipinski definition) is 0. The van der Waals surface area contributed by atoms with Gasteiger partial charge in [-0.05, 0) is 72.9 Å². The van der Waals surface area contributed by atoms with Crippen molar-refractivity contribution in [1.82, 2.24) is 4.90 Å². The first kappa shape index (κ1) is 30.0. The predicted molar refractivity (Wildman–Crippen MR) is 155 cm³/mol. The summed E-state index contributed by atoms with van der Waals surface area (Å²) in [4.78, 5) is 28.6. The van der Waals surface area contributed by atoms with Crippen molar-refractivity contribution in [3.8, 4) is 0 Å². The summed E-state index contributed by atoms with van der Waals surface area (Å²) in [5, 5.41) is 1.18. The van der Waals surface area contributed by atoms with E-state index in [4.69, 9.17) is 32.7 Å². The van der Waals surface area contributed by atoms with Crippen LogP contribution in [-0.2, 0) is 25.5 Å². The molecule has 1 heterocycles. The molecule has 1 aliphatic rings. The van der Waals surface area contributed by atoms with E-state index in [9.17, 15) is 14.0 Å². The lowest BCUT2D eigenvalue weighted by Gasteiger charge is -2.48. The summed E-state index contributed by atoms with van der Waals surface area (Å²) in [5.74, 6) is -0.800. The fraction of sp³-hybridized carbons (Fsp3) is 0.375. The summed E-state index contributed by atoms with van der Waals surface area (Å²) in [6, 6.07) is 20.2. The van der Waals surface area contributed by atoms with Crippen LogP contribution in [0, 0.1) is 5.82 Å². The maximum Gasteiger partial charge on any atom is 0.305 e. The molecule has 1 fully saturated rings. The molecular weight excluding hydrogens is 552 g/mol. The van der Waals surface area contributed by atoms with Crippen LogP contribution in [0.4, 0.5) is 4.39 Å². The molecule has 4 rings (SSSR count). The van der Waals surface area contributed by atoms with Crippen LogP contribution >= 0.6 is 23.2 Å². The Hall–Kier alpha value is -2.93. The van der Waals surface area contributed by atoms with E-state index in [0.29, 0.717) is 29.5 Å². The minimum Gasteiger partial charge on any atom is -0.466 e. The van der Waals surface area contributed by atoms with Crippen molar-refractivity contribution in [3.05, 3.63) is 105 Å². The Labute approximate surface area is 245 Å². The van der Waals surface area contributed by atoms with Crippen LogP contribution in [0.1, 0.15) is 68.4 Å². The van der Waals surface area contributed by atoms with Crippen LogP contribution in [0.2, 0.25) is 10.0 Å². The van der Waals surface area contributed by atoms with Crippen molar-refractivity contribution in [2.75, 3.05) is 6.61 Å². The second-order valence-corrected chi connectivity index (χ2v) is 10.8. The van der Waals surface area contributed by atoms with Crippen molar-refractivity contribution in [2.24, 2.45) is 0 Å². The quantitative estimate of drug-likeness (QED) is 0.215. The van der Waals surface area contributed by atoms with Crippen molar-refractivity contribution < 1.29 is 23.5 Å². The van der Waals surface area contributed by atoms with Crippen molar-refractivity contribution in [2.45, 2.75) is 70.2 Å². The molecule has 3 aromatic rings. The molecule has 0 unspecified atom stereocenters. The van der Waals surface area contributed by atoms with Gasteiger partial charge in [0, 0.05) is 28.9 Å². The summed E-state index contributed by atoms with van der Waals surface area (Å²) in [5.41, 5.74) is 2.53. The second kappa shape index (κ2) is 14.1. The highest BCUT2D eigenvalue weighted by molar-refractivity contribution is 6.30. The van der Waals surface area contributed by atoms with E-state index < -0.39 is 18.2 Å². The van der Waals surface area contributed by atoms with E-state index >= 15 is 0 Å². The van der Waals surface area contributed by atoms with Gasteiger partial charge in [-0.2, -0.15) is 0 Å². The molecular formula is C32H34Cl2FNO4. The molecule has 1 aliphatic heterocycles. The van der Waals surface area contributed by atoms with Gasteiger partial charge in [0.15, 0.2) is 0 Å². The van der Waals surface area contributed by atoms with Crippen molar-refractivity contribution >= 4 is 35.1 Å². The molecule has 0 saturated carbocycles. The summed E-state index contributed by atoms with van der Waals surface area (Å²) in [7, 11) is 0. The first-order chi connectivity index (χ1) is 19.3. The molecule has 1 amide bonds. The summed E-state index contributed by atoms with van der Waals surface area (Å²) in [6.45, 7) is 4.14. The summed E-state index contributed by atoms with van der Waals surface area (Å²) >= 11 is 12.4. The predicted octanol–water partition coefficient (Wildman–Crippen LogP) is 7.90. The Balaban J connectivity index is 1.80. The number of amides is 1. The van der Waals surface area contributed by atoms with Gasteiger partial charge in [0.25, 0.3) is 5.91 Å². The van der Waals surface area contributed by atoms with Gasteiger partial charge in [-0.3, -0.25) is 9.59 Å². The van der Waals surface area contributed by atoms with Crippen LogP contribution < -0.4 is 0 Å². The Kier molecular flexibility index (Phi) is 10.6. The molecule has 0 aliphatic carbocycles. The summed E-state index contributed by atoms with van der Waals surface area (Å²) in [6.07, 6.45) is 1.12. The molecule has 1 saturated heterocycles. The van der Waals surface area contributed by atoms with E-state index in [2.05, 4.69) is 6.92 Å². The zero-order valence-electron chi connectivity index (χ0n) is 22.7. The van der Waals surface area contributed by atoms with Crippen molar-refractivity contribution in [3.63, 3.8) is 0 Å². The number of nitrogens with zero attached hydrogens (tertiary/aromatic N) is 1. The fourth-order valence-corrected chi connectivity index (χ4v) is 5.57. The highest BCUT2D eigenvalue weighted by Crippen LogP contribution is 2.45. The average molecular weight is 587 g/mol. The highest BCUT2D eigenvalue weighted by Gasteiger charge is 2.46. The fourth-order valence-electron chi connectivity index (χ4n) is 5.32. The van der Waals surface area contributed by atoms with Crippen LogP contribution in [0.5, 0.6) is 0 Å². The van der Waals surface area contributed by atoms with Gasteiger partial charge in [0.2, 0.25) is 0 Å². The maximum absolute atomic E-state index is 14.3. The van der Waals surface area contributed by atoms with E-state index in [1.54, 1.807) is 43.3 Å².